The van der Waals surface area contributed by atoms with E-state index in [9.17, 15) is 19.5 Å². The van der Waals surface area contributed by atoms with E-state index in [1.54, 1.807) is 16.7 Å². The number of aliphatic hydroxyl groups excluding tert-OH is 1. The van der Waals surface area contributed by atoms with Gasteiger partial charge in [0, 0.05) is 31.5 Å². The highest BCUT2D eigenvalue weighted by Gasteiger charge is 2.75. The second-order valence-electron chi connectivity index (χ2n) is 10.4. The third-order valence-electron chi connectivity index (χ3n) is 8.22. The molecule has 1 spiro atoms. The summed E-state index contributed by atoms with van der Waals surface area (Å²) in [6, 6.07) is 18.9. The van der Waals surface area contributed by atoms with Gasteiger partial charge >= 0.3 is 0 Å². The molecule has 2 aromatic rings. The summed E-state index contributed by atoms with van der Waals surface area (Å²) in [5.41, 5.74) is 2.01. The van der Waals surface area contributed by atoms with Gasteiger partial charge in [0.15, 0.2) is 0 Å². The van der Waals surface area contributed by atoms with E-state index in [1.807, 2.05) is 60.7 Å². The maximum absolute atomic E-state index is 14.0. The number of rotatable bonds is 10. The Kier molecular flexibility index (Phi) is 7.58. The molecule has 0 radical (unpaired) electrons. The Labute approximate surface area is 222 Å². The van der Waals surface area contributed by atoms with Gasteiger partial charge in [0.05, 0.1) is 16.6 Å². The molecule has 3 N–H and O–H groups in total. The fourth-order valence-electron chi connectivity index (χ4n) is 6.54. The van der Waals surface area contributed by atoms with Crippen LogP contribution in [-0.2, 0) is 27.5 Å². The molecular weight excluding hydrogens is 486 g/mol. The van der Waals surface area contributed by atoms with Gasteiger partial charge in [-0.15, -0.1) is 11.8 Å². The molecule has 37 heavy (non-hydrogen) atoms. The van der Waals surface area contributed by atoms with Crippen LogP contribution in [0.4, 0.5) is 0 Å². The van der Waals surface area contributed by atoms with Gasteiger partial charge in [-0.25, -0.2) is 0 Å². The summed E-state index contributed by atoms with van der Waals surface area (Å²) in [7, 11) is 0. The number of benzene rings is 2. The third kappa shape index (κ3) is 4.66. The van der Waals surface area contributed by atoms with Gasteiger partial charge in [-0.05, 0) is 36.3 Å². The zero-order valence-electron chi connectivity index (χ0n) is 21.1. The van der Waals surface area contributed by atoms with Gasteiger partial charge in [0.1, 0.15) is 6.04 Å². The Hall–Kier alpha value is -2.84. The fourth-order valence-corrected chi connectivity index (χ4v) is 8.96. The van der Waals surface area contributed by atoms with Crippen LogP contribution >= 0.6 is 11.8 Å². The second kappa shape index (κ2) is 10.9. The van der Waals surface area contributed by atoms with Crippen LogP contribution in [0.25, 0.3) is 0 Å². The molecule has 5 rings (SSSR count). The first-order chi connectivity index (χ1) is 18.0. The molecule has 0 aromatic heterocycles. The minimum absolute atomic E-state index is 0.0174. The molecule has 2 aromatic carbocycles. The molecule has 3 unspecified atom stereocenters. The lowest BCUT2D eigenvalue weighted by atomic mass is 9.66. The lowest BCUT2D eigenvalue weighted by Crippen LogP contribution is -2.56. The maximum Gasteiger partial charge on any atom is 0.244 e. The third-order valence-corrected chi connectivity index (χ3v) is 10.3. The molecule has 0 aliphatic carbocycles. The molecule has 8 heteroatoms. The van der Waals surface area contributed by atoms with E-state index in [2.05, 4.69) is 17.6 Å². The number of likely N-dealkylation sites (tertiary alicyclic amines) is 1. The minimum atomic E-state index is -0.635. The Bertz CT molecular complexity index is 1130. The van der Waals surface area contributed by atoms with Crippen molar-refractivity contribution in [2.75, 3.05) is 13.2 Å². The fraction of sp³-hybridized carbons (Fsp3) is 0.483. The zero-order valence-corrected chi connectivity index (χ0v) is 22.0. The van der Waals surface area contributed by atoms with Crippen LogP contribution in [0.1, 0.15) is 37.3 Å². The van der Waals surface area contributed by atoms with Crippen LogP contribution in [0, 0.1) is 17.8 Å². The van der Waals surface area contributed by atoms with Crippen molar-refractivity contribution in [3.05, 3.63) is 71.8 Å². The van der Waals surface area contributed by atoms with Gasteiger partial charge in [-0.1, -0.05) is 67.6 Å². The van der Waals surface area contributed by atoms with Crippen LogP contribution < -0.4 is 10.6 Å². The number of hydrogen-bond donors (Lipinski definition) is 3. The van der Waals surface area contributed by atoms with Crippen molar-refractivity contribution in [1.82, 2.24) is 15.5 Å². The topological polar surface area (TPSA) is 98.7 Å². The van der Waals surface area contributed by atoms with Gasteiger partial charge < -0.3 is 20.6 Å². The summed E-state index contributed by atoms with van der Waals surface area (Å²) in [5, 5.41) is 15.5. The molecule has 6 atom stereocenters. The highest BCUT2D eigenvalue weighted by Crippen LogP contribution is 2.68. The molecule has 196 valence electrons. The molecule has 0 saturated carbocycles. The van der Waals surface area contributed by atoms with Crippen LogP contribution in [0.5, 0.6) is 0 Å². The Morgan fingerprint density at radius 2 is 1.57 bits per heavy atom. The number of thioether (sulfide) groups is 1. The molecule has 2 bridgehead atoms. The largest absolute Gasteiger partial charge is 0.396 e. The SMILES string of the molecule is CC1C[C@H]2SC13C(C(=O)NCc1ccccc1)N(CCCCO)C(=O)[C@@H]3[C@H]2C(=O)NCc1ccccc1. The second-order valence-corrected chi connectivity index (χ2v) is 12.0. The Morgan fingerprint density at radius 3 is 2.16 bits per heavy atom. The Morgan fingerprint density at radius 1 is 0.973 bits per heavy atom. The summed E-state index contributed by atoms with van der Waals surface area (Å²) < 4.78 is -0.628. The smallest absolute Gasteiger partial charge is 0.244 e. The number of nitrogens with zero attached hydrogens (tertiary/aromatic N) is 1. The Balaban J connectivity index is 1.40. The number of aliphatic hydroxyl groups is 1. The number of hydrogen-bond acceptors (Lipinski definition) is 5. The lowest BCUT2D eigenvalue weighted by molar-refractivity contribution is -0.140. The number of amides is 3. The lowest BCUT2D eigenvalue weighted by Gasteiger charge is -2.38. The first-order valence-electron chi connectivity index (χ1n) is 13.2. The number of nitrogens with one attached hydrogen (secondary N) is 2. The minimum Gasteiger partial charge on any atom is -0.396 e. The van der Waals surface area contributed by atoms with Crippen LogP contribution in [0.15, 0.2) is 60.7 Å². The van der Waals surface area contributed by atoms with Crippen molar-refractivity contribution in [2.45, 2.75) is 55.3 Å². The van der Waals surface area contributed by atoms with Crippen LogP contribution in [0.2, 0.25) is 0 Å². The highest BCUT2D eigenvalue weighted by molar-refractivity contribution is 8.02. The van der Waals surface area contributed by atoms with Crippen molar-refractivity contribution in [1.29, 1.82) is 0 Å². The van der Waals surface area contributed by atoms with Gasteiger partial charge in [0.25, 0.3) is 0 Å². The van der Waals surface area contributed by atoms with E-state index in [0.717, 1.165) is 17.5 Å². The van der Waals surface area contributed by atoms with E-state index < -0.39 is 22.6 Å². The molecule has 3 fully saturated rings. The van der Waals surface area contributed by atoms with Crippen molar-refractivity contribution in [3.63, 3.8) is 0 Å². The van der Waals surface area contributed by atoms with E-state index in [0.29, 0.717) is 32.5 Å². The summed E-state index contributed by atoms with van der Waals surface area (Å²) in [6.45, 7) is 3.37. The quantitative estimate of drug-likeness (QED) is 0.418. The standard InChI is InChI=1S/C29H35N3O4S/c1-19-16-22-23(26(34)30-17-20-10-4-2-5-11-20)24-28(36)32(14-8-9-15-33)25(29(19,24)37-22)27(35)31-18-21-12-6-3-7-13-21/h2-7,10-13,19,22-25,33H,8-9,14-18H2,1H3,(H,30,34)(H,31,35)/t19?,22-,23+,24+,25?,29?/m1/s1. The van der Waals surface area contributed by atoms with Crippen LogP contribution in [-0.4, -0.2) is 56.9 Å². The molecule has 3 heterocycles. The number of carbonyl (C=O) groups excluding carboxylic acids is 3. The average Bonchev–Trinajstić information content (AvgIpc) is 3.51. The van der Waals surface area contributed by atoms with E-state index in [4.69, 9.17) is 0 Å². The van der Waals surface area contributed by atoms with Crippen LogP contribution in [0.3, 0.4) is 0 Å². The predicted octanol–water partition coefficient (Wildman–Crippen LogP) is 2.73. The molecule has 3 aliphatic rings. The predicted molar refractivity (Wildman–Crippen MR) is 143 cm³/mol. The molecule has 3 saturated heterocycles. The van der Waals surface area contributed by atoms with Gasteiger partial charge in [-0.3, -0.25) is 14.4 Å². The first-order valence-corrected chi connectivity index (χ1v) is 14.1. The summed E-state index contributed by atoms with van der Waals surface area (Å²) in [4.78, 5) is 43.0. The van der Waals surface area contributed by atoms with E-state index in [1.165, 1.54) is 0 Å². The number of fused-ring (bicyclic) bond motifs is 1. The summed E-state index contributed by atoms with van der Waals surface area (Å²) in [6.07, 6.45) is 1.98. The highest BCUT2D eigenvalue weighted by atomic mass is 32.2. The molecule has 3 aliphatic heterocycles. The van der Waals surface area contributed by atoms with Crippen molar-refractivity contribution in [3.8, 4) is 0 Å². The first kappa shape index (κ1) is 25.8. The van der Waals surface area contributed by atoms with Crippen molar-refractivity contribution >= 4 is 29.5 Å². The average molecular weight is 522 g/mol. The van der Waals surface area contributed by atoms with E-state index >= 15 is 0 Å². The summed E-state index contributed by atoms with van der Waals surface area (Å²) in [5.74, 6) is -1.21. The zero-order chi connectivity index (χ0) is 26.0. The number of carbonyl (C=O) groups is 3. The molecule has 7 nitrogen and oxygen atoms in total. The van der Waals surface area contributed by atoms with Crippen molar-refractivity contribution < 1.29 is 19.5 Å². The molecule has 3 amide bonds. The normalized spacial score (nSPS) is 29.8. The van der Waals surface area contributed by atoms with Gasteiger partial charge in [-0.2, -0.15) is 0 Å². The maximum atomic E-state index is 14.0. The summed E-state index contributed by atoms with van der Waals surface area (Å²) >= 11 is 1.69. The monoisotopic (exact) mass is 521 g/mol. The van der Waals surface area contributed by atoms with Crippen molar-refractivity contribution in [2.24, 2.45) is 17.8 Å². The van der Waals surface area contributed by atoms with Gasteiger partial charge in [0.2, 0.25) is 17.7 Å². The number of unbranched alkanes of at least 4 members (excludes halogenated alkanes) is 1. The molecular formula is C29H35N3O4S. The van der Waals surface area contributed by atoms with E-state index in [-0.39, 0.29) is 35.5 Å².